The predicted octanol–water partition coefficient (Wildman–Crippen LogP) is 2.69. The fourth-order valence-electron chi connectivity index (χ4n) is 1.91. The van der Waals surface area contributed by atoms with Crippen LogP contribution in [0.2, 0.25) is 4.34 Å². The molecule has 21 heavy (non-hydrogen) atoms. The van der Waals surface area contributed by atoms with Crippen molar-refractivity contribution in [3.05, 3.63) is 50.7 Å². The van der Waals surface area contributed by atoms with E-state index in [1.807, 2.05) is 19.1 Å². The Morgan fingerprint density at radius 1 is 1.29 bits per heavy atom. The molecule has 0 atom stereocenters. The molecule has 0 aliphatic heterocycles. The lowest BCUT2D eigenvalue weighted by atomic mass is 10.1. The molecule has 0 aliphatic rings. The highest BCUT2D eigenvalue weighted by molar-refractivity contribution is 7.89. The summed E-state index contributed by atoms with van der Waals surface area (Å²) in [5.74, 6) is 0. The van der Waals surface area contributed by atoms with Gasteiger partial charge in [0.15, 0.2) is 0 Å². The minimum atomic E-state index is -3.51. The van der Waals surface area contributed by atoms with Gasteiger partial charge in [0.2, 0.25) is 10.0 Å². The lowest BCUT2D eigenvalue weighted by Gasteiger charge is -2.09. The minimum Gasteiger partial charge on any atom is -0.326 e. The Bertz CT molecular complexity index is 726. The molecule has 3 N–H and O–H groups in total. The number of halogens is 1. The maximum Gasteiger partial charge on any atom is 0.240 e. The standard InChI is InChI=1S/C14H17ClN2O2S2/c1-10-2-4-13(8-11(10)9-16)21(18,19)17-7-6-12-3-5-14(15)20-12/h2-5,8,17H,6-7,9,16H2,1H3. The lowest BCUT2D eigenvalue weighted by Crippen LogP contribution is -2.26. The second kappa shape index (κ2) is 6.89. The molecular formula is C14H17ClN2O2S2. The summed E-state index contributed by atoms with van der Waals surface area (Å²) < 4.78 is 27.8. The van der Waals surface area contributed by atoms with E-state index in [2.05, 4.69) is 4.72 Å². The summed E-state index contributed by atoms with van der Waals surface area (Å²) in [5, 5.41) is 0. The fourth-order valence-corrected chi connectivity index (χ4v) is 4.08. The third-order valence-corrected chi connectivity index (χ3v) is 5.89. The molecule has 0 radical (unpaired) electrons. The number of rotatable bonds is 6. The van der Waals surface area contributed by atoms with Crippen molar-refractivity contribution in [2.45, 2.75) is 24.8 Å². The third kappa shape index (κ3) is 4.28. The van der Waals surface area contributed by atoms with Gasteiger partial charge in [-0.2, -0.15) is 0 Å². The molecule has 0 saturated carbocycles. The van der Waals surface area contributed by atoms with Gasteiger partial charge in [-0.3, -0.25) is 0 Å². The Morgan fingerprint density at radius 2 is 2.05 bits per heavy atom. The zero-order chi connectivity index (χ0) is 15.5. The molecular weight excluding hydrogens is 328 g/mol. The molecule has 2 aromatic rings. The van der Waals surface area contributed by atoms with Crippen LogP contribution >= 0.6 is 22.9 Å². The van der Waals surface area contributed by atoms with E-state index in [1.54, 1.807) is 18.2 Å². The Labute approximate surface area is 134 Å². The van der Waals surface area contributed by atoms with Crippen LogP contribution in [-0.4, -0.2) is 15.0 Å². The number of nitrogens with one attached hydrogen (secondary N) is 1. The fraction of sp³-hybridized carbons (Fsp3) is 0.286. The Hall–Kier alpha value is -0.920. The van der Waals surface area contributed by atoms with Gasteiger partial charge >= 0.3 is 0 Å². The number of nitrogens with two attached hydrogens (primary N) is 1. The van der Waals surface area contributed by atoms with Gasteiger partial charge < -0.3 is 5.73 Å². The average molecular weight is 345 g/mol. The molecule has 1 aromatic carbocycles. The van der Waals surface area contributed by atoms with Crippen molar-refractivity contribution in [3.8, 4) is 0 Å². The van der Waals surface area contributed by atoms with E-state index in [0.29, 0.717) is 23.8 Å². The van der Waals surface area contributed by atoms with Gasteiger partial charge in [-0.25, -0.2) is 13.1 Å². The quantitative estimate of drug-likeness (QED) is 0.846. The normalized spacial score (nSPS) is 11.8. The van der Waals surface area contributed by atoms with E-state index < -0.39 is 10.0 Å². The first-order valence-electron chi connectivity index (χ1n) is 6.46. The molecule has 0 unspecified atom stereocenters. The van der Waals surface area contributed by atoms with Crippen LogP contribution < -0.4 is 10.5 Å². The number of benzene rings is 1. The van der Waals surface area contributed by atoms with Gasteiger partial charge in [0.05, 0.1) is 9.23 Å². The van der Waals surface area contributed by atoms with Crippen LogP contribution in [0.15, 0.2) is 35.2 Å². The zero-order valence-corrected chi connectivity index (χ0v) is 14.0. The molecule has 2 rings (SSSR count). The van der Waals surface area contributed by atoms with E-state index in [0.717, 1.165) is 16.0 Å². The molecule has 4 nitrogen and oxygen atoms in total. The predicted molar refractivity (Wildman–Crippen MR) is 87.3 cm³/mol. The first kappa shape index (κ1) is 16.5. The Kier molecular flexibility index (Phi) is 5.40. The van der Waals surface area contributed by atoms with Crippen LogP contribution in [0.3, 0.4) is 0 Å². The highest BCUT2D eigenvalue weighted by Gasteiger charge is 2.14. The summed E-state index contributed by atoms with van der Waals surface area (Å²) in [6.45, 7) is 2.57. The molecule has 0 bridgehead atoms. The highest BCUT2D eigenvalue weighted by atomic mass is 35.5. The van der Waals surface area contributed by atoms with Gasteiger partial charge in [-0.1, -0.05) is 17.7 Å². The monoisotopic (exact) mass is 344 g/mol. The largest absolute Gasteiger partial charge is 0.326 e. The SMILES string of the molecule is Cc1ccc(S(=O)(=O)NCCc2ccc(Cl)s2)cc1CN. The third-order valence-electron chi connectivity index (χ3n) is 3.14. The Morgan fingerprint density at radius 3 is 2.67 bits per heavy atom. The van der Waals surface area contributed by atoms with Crippen LogP contribution in [0.25, 0.3) is 0 Å². The van der Waals surface area contributed by atoms with E-state index in [9.17, 15) is 8.42 Å². The van der Waals surface area contributed by atoms with Gasteiger partial charge in [0.1, 0.15) is 0 Å². The average Bonchev–Trinajstić information content (AvgIpc) is 2.84. The number of hydrogen-bond donors (Lipinski definition) is 2. The van der Waals surface area contributed by atoms with Crippen molar-refractivity contribution in [1.82, 2.24) is 4.72 Å². The van der Waals surface area contributed by atoms with Crippen molar-refractivity contribution in [3.63, 3.8) is 0 Å². The molecule has 0 spiro atoms. The maximum atomic E-state index is 12.2. The lowest BCUT2D eigenvalue weighted by molar-refractivity contribution is 0.581. The highest BCUT2D eigenvalue weighted by Crippen LogP contribution is 2.21. The molecule has 114 valence electrons. The summed E-state index contributed by atoms with van der Waals surface area (Å²) in [6, 6.07) is 8.71. The van der Waals surface area contributed by atoms with E-state index in [-0.39, 0.29) is 4.90 Å². The molecule has 0 fully saturated rings. The second-order valence-corrected chi connectivity index (χ2v) is 8.21. The van der Waals surface area contributed by atoms with E-state index in [4.69, 9.17) is 17.3 Å². The van der Waals surface area contributed by atoms with Gasteiger partial charge in [-0.05, 0) is 48.7 Å². The van der Waals surface area contributed by atoms with Crippen molar-refractivity contribution in [2.75, 3.05) is 6.54 Å². The van der Waals surface area contributed by atoms with Crippen molar-refractivity contribution in [2.24, 2.45) is 5.73 Å². The number of thiophene rings is 1. The number of hydrogen-bond acceptors (Lipinski definition) is 4. The topological polar surface area (TPSA) is 72.2 Å². The molecule has 0 saturated heterocycles. The van der Waals surface area contributed by atoms with E-state index >= 15 is 0 Å². The maximum absolute atomic E-state index is 12.2. The molecule has 1 heterocycles. The van der Waals surface area contributed by atoms with Crippen LogP contribution in [0.1, 0.15) is 16.0 Å². The first-order chi connectivity index (χ1) is 9.92. The summed E-state index contributed by atoms with van der Waals surface area (Å²) >= 11 is 7.30. The molecule has 0 amide bonds. The summed E-state index contributed by atoms with van der Waals surface area (Å²) in [5.41, 5.74) is 7.44. The van der Waals surface area contributed by atoms with Crippen molar-refractivity contribution < 1.29 is 8.42 Å². The summed E-state index contributed by atoms with van der Waals surface area (Å²) in [7, 11) is -3.51. The van der Waals surface area contributed by atoms with E-state index in [1.165, 1.54) is 11.3 Å². The van der Waals surface area contributed by atoms with Crippen molar-refractivity contribution >= 4 is 33.0 Å². The summed E-state index contributed by atoms with van der Waals surface area (Å²) in [4.78, 5) is 1.30. The number of aryl methyl sites for hydroxylation is 1. The number of sulfonamides is 1. The van der Waals surface area contributed by atoms with Gasteiger partial charge in [-0.15, -0.1) is 11.3 Å². The van der Waals surface area contributed by atoms with Crippen molar-refractivity contribution in [1.29, 1.82) is 0 Å². The van der Waals surface area contributed by atoms with Gasteiger partial charge in [0, 0.05) is 18.0 Å². The van der Waals surface area contributed by atoms with Crippen LogP contribution in [0.5, 0.6) is 0 Å². The Balaban J connectivity index is 2.04. The molecule has 1 aromatic heterocycles. The van der Waals surface area contributed by atoms with Crippen LogP contribution in [0, 0.1) is 6.92 Å². The summed E-state index contributed by atoms with van der Waals surface area (Å²) in [6.07, 6.45) is 0.617. The van der Waals surface area contributed by atoms with Crippen LogP contribution in [0.4, 0.5) is 0 Å². The zero-order valence-electron chi connectivity index (χ0n) is 11.6. The van der Waals surface area contributed by atoms with Crippen LogP contribution in [-0.2, 0) is 23.0 Å². The minimum absolute atomic E-state index is 0.248. The second-order valence-electron chi connectivity index (χ2n) is 4.65. The molecule has 0 aliphatic carbocycles. The first-order valence-corrected chi connectivity index (χ1v) is 9.13. The smallest absolute Gasteiger partial charge is 0.240 e. The van der Waals surface area contributed by atoms with Gasteiger partial charge in [0.25, 0.3) is 0 Å². The molecule has 7 heteroatoms.